The van der Waals surface area contributed by atoms with Crippen LogP contribution in [0.4, 0.5) is 0 Å². The number of hydrogen-bond donors (Lipinski definition) is 0. The van der Waals surface area contributed by atoms with Gasteiger partial charge in [-0.25, -0.2) is 0 Å². The molecule has 0 radical (unpaired) electrons. The lowest BCUT2D eigenvalue weighted by Crippen LogP contribution is -1.96. The van der Waals surface area contributed by atoms with Crippen molar-refractivity contribution in [1.29, 1.82) is 5.26 Å². The first kappa shape index (κ1) is 10.9. The van der Waals surface area contributed by atoms with Gasteiger partial charge in [-0.05, 0) is 12.8 Å². The van der Waals surface area contributed by atoms with E-state index in [1.807, 2.05) is 6.07 Å². The normalized spacial score (nSPS) is 8.92. The Morgan fingerprint density at radius 3 is 2.83 bits per heavy atom. The van der Waals surface area contributed by atoms with Gasteiger partial charge in [0.25, 0.3) is 0 Å². The highest BCUT2D eigenvalue weighted by molar-refractivity contribution is 5.10. The Balaban J connectivity index is 3.06. The second-order valence-electron chi connectivity index (χ2n) is 2.49. The van der Waals surface area contributed by atoms with Gasteiger partial charge in [-0.1, -0.05) is 24.8 Å². The molecule has 2 nitrogen and oxygen atoms in total. The maximum Gasteiger partial charge on any atom is 0.0645 e. The summed E-state index contributed by atoms with van der Waals surface area (Å²) in [5, 5.41) is 8.19. The number of rotatable bonds is 7. The van der Waals surface area contributed by atoms with E-state index in [0.29, 0.717) is 19.6 Å². The van der Waals surface area contributed by atoms with Crippen LogP contribution in [0.3, 0.4) is 0 Å². The summed E-state index contributed by atoms with van der Waals surface area (Å²) in [4.78, 5) is 0. The van der Waals surface area contributed by atoms with Crippen LogP contribution < -0.4 is 0 Å². The highest BCUT2D eigenvalue weighted by Crippen LogP contribution is 2.02. The summed E-state index contributed by atoms with van der Waals surface area (Å²) >= 11 is 0. The van der Waals surface area contributed by atoms with Gasteiger partial charge < -0.3 is 4.74 Å². The quantitative estimate of drug-likeness (QED) is 0.429. The SMILES string of the molecule is C=CC(=C)CCCOCCC#N. The Morgan fingerprint density at radius 2 is 2.25 bits per heavy atom. The van der Waals surface area contributed by atoms with E-state index in [9.17, 15) is 0 Å². The van der Waals surface area contributed by atoms with Crippen molar-refractivity contribution in [3.05, 3.63) is 24.8 Å². The third-order valence-corrected chi connectivity index (χ3v) is 1.43. The van der Waals surface area contributed by atoms with Crippen molar-refractivity contribution < 1.29 is 4.74 Å². The first-order valence-electron chi connectivity index (χ1n) is 4.06. The van der Waals surface area contributed by atoms with Crippen LogP contribution in [0, 0.1) is 11.3 Å². The molecule has 0 aromatic heterocycles. The molecular weight excluding hydrogens is 150 g/mol. The van der Waals surface area contributed by atoms with Crippen LogP contribution in [0.5, 0.6) is 0 Å². The Kier molecular flexibility index (Phi) is 7.31. The van der Waals surface area contributed by atoms with Crippen molar-refractivity contribution in [1.82, 2.24) is 0 Å². The lowest BCUT2D eigenvalue weighted by molar-refractivity contribution is 0.137. The van der Waals surface area contributed by atoms with Crippen LogP contribution in [0.1, 0.15) is 19.3 Å². The van der Waals surface area contributed by atoms with Gasteiger partial charge in [0.2, 0.25) is 0 Å². The van der Waals surface area contributed by atoms with E-state index in [-0.39, 0.29) is 0 Å². The minimum atomic E-state index is 0.475. The van der Waals surface area contributed by atoms with Crippen molar-refractivity contribution in [3.63, 3.8) is 0 Å². The molecular formula is C10H15NO. The van der Waals surface area contributed by atoms with Crippen molar-refractivity contribution in [3.8, 4) is 6.07 Å². The Labute approximate surface area is 74.2 Å². The Hall–Kier alpha value is -1.07. The zero-order valence-corrected chi connectivity index (χ0v) is 7.38. The third kappa shape index (κ3) is 7.04. The minimum Gasteiger partial charge on any atom is -0.380 e. The molecule has 66 valence electrons. The highest BCUT2D eigenvalue weighted by atomic mass is 16.5. The number of nitriles is 1. The van der Waals surface area contributed by atoms with Crippen LogP contribution in [0.15, 0.2) is 24.8 Å². The van der Waals surface area contributed by atoms with Crippen LogP contribution in [0.25, 0.3) is 0 Å². The Bertz CT molecular complexity index is 179. The van der Waals surface area contributed by atoms with Crippen LogP contribution >= 0.6 is 0 Å². The molecule has 0 unspecified atom stereocenters. The lowest BCUT2D eigenvalue weighted by atomic mass is 10.2. The molecule has 0 aliphatic carbocycles. The van der Waals surface area contributed by atoms with Crippen LogP contribution in [-0.2, 0) is 4.74 Å². The van der Waals surface area contributed by atoms with Gasteiger partial charge in [0.15, 0.2) is 0 Å². The smallest absolute Gasteiger partial charge is 0.0645 e. The zero-order chi connectivity index (χ0) is 9.23. The fourth-order valence-electron chi connectivity index (χ4n) is 0.723. The van der Waals surface area contributed by atoms with E-state index < -0.39 is 0 Å². The maximum absolute atomic E-state index is 8.19. The summed E-state index contributed by atoms with van der Waals surface area (Å²) in [7, 11) is 0. The topological polar surface area (TPSA) is 33.0 Å². The molecule has 0 heterocycles. The molecule has 12 heavy (non-hydrogen) atoms. The molecule has 0 aliphatic heterocycles. The molecule has 2 heteroatoms. The van der Waals surface area contributed by atoms with Gasteiger partial charge in [-0.2, -0.15) is 5.26 Å². The highest BCUT2D eigenvalue weighted by Gasteiger charge is 1.90. The number of hydrogen-bond acceptors (Lipinski definition) is 2. The monoisotopic (exact) mass is 165 g/mol. The summed E-state index contributed by atoms with van der Waals surface area (Å²) in [6.07, 6.45) is 4.12. The molecule has 0 aliphatic rings. The molecule has 0 aromatic carbocycles. The van der Waals surface area contributed by atoms with Crippen LogP contribution in [0.2, 0.25) is 0 Å². The Morgan fingerprint density at radius 1 is 1.50 bits per heavy atom. The van der Waals surface area contributed by atoms with Gasteiger partial charge in [0, 0.05) is 6.61 Å². The lowest BCUT2D eigenvalue weighted by Gasteiger charge is -2.00. The van der Waals surface area contributed by atoms with Crippen molar-refractivity contribution in [2.24, 2.45) is 0 Å². The summed E-state index contributed by atoms with van der Waals surface area (Å²) in [6, 6.07) is 2.02. The van der Waals surface area contributed by atoms with Crippen molar-refractivity contribution in [2.75, 3.05) is 13.2 Å². The molecule has 0 saturated carbocycles. The zero-order valence-electron chi connectivity index (χ0n) is 7.38. The standard InChI is InChI=1S/C10H15NO/c1-3-10(2)6-4-8-12-9-5-7-11/h3H,1-2,4-6,8-9H2. The molecule has 0 bridgehead atoms. The van der Waals surface area contributed by atoms with E-state index in [1.54, 1.807) is 6.08 Å². The number of ether oxygens (including phenoxy) is 1. The fraction of sp³-hybridized carbons (Fsp3) is 0.500. The summed E-state index contributed by atoms with van der Waals surface area (Å²) in [6.45, 7) is 8.63. The molecule has 0 rings (SSSR count). The van der Waals surface area contributed by atoms with E-state index in [4.69, 9.17) is 10.00 Å². The van der Waals surface area contributed by atoms with Gasteiger partial charge >= 0.3 is 0 Å². The first-order chi connectivity index (χ1) is 5.81. The second-order valence-corrected chi connectivity index (χ2v) is 2.49. The average Bonchev–Trinajstić information content (AvgIpc) is 2.10. The maximum atomic E-state index is 8.19. The molecule has 0 fully saturated rings. The van der Waals surface area contributed by atoms with Gasteiger partial charge in [0.05, 0.1) is 19.1 Å². The molecule has 0 N–H and O–H groups in total. The predicted octanol–water partition coefficient (Wildman–Crippen LogP) is 2.44. The third-order valence-electron chi connectivity index (χ3n) is 1.43. The van der Waals surface area contributed by atoms with Gasteiger partial charge in [0.1, 0.15) is 0 Å². The number of allylic oxidation sites excluding steroid dienone is 2. The largest absolute Gasteiger partial charge is 0.380 e. The first-order valence-corrected chi connectivity index (χ1v) is 4.06. The van der Waals surface area contributed by atoms with Gasteiger partial charge in [-0.15, -0.1) is 0 Å². The average molecular weight is 165 g/mol. The molecule has 0 saturated heterocycles. The van der Waals surface area contributed by atoms with E-state index in [0.717, 1.165) is 18.4 Å². The summed E-state index contributed by atoms with van der Waals surface area (Å²) in [5.74, 6) is 0. The minimum absolute atomic E-state index is 0.475. The predicted molar refractivity (Wildman–Crippen MR) is 49.6 cm³/mol. The fourth-order valence-corrected chi connectivity index (χ4v) is 0.723. The molecule has 0 spiro atoms. The van der Waals surface area contributed by atoms with Crippen molar-refractivity contribution in [2.45, 2.75) is 19.3 Å². The van der Waals surface area contributed by atoms with Crippen molar-refractivity contribution >= 4 is 0 Å². The summed E-state index contributed by atoms with van der Waals surface area (Å²) < 4.78 is 5.17. The molecule has 0 aromatic rings. The van der Waals surface area contributed by atoms with Gasteiger partial charge in [-0.3, -0.25) is 0 Å². The number of nitrogens with zero attached hydrogens (tertiary/aromatic N) is 1. The second kappa shape index (κ2) is 8.03. The van der Waals surface area contributed by atoms with E-state index in [1.165, 1.54) is 0 Å². The van der Waals surface area contributed by atoms with Crippen LogP contribution in [-0.4, -0.2) is 13.2 Å². The molecule has 0 amide bonds. The molecule has 0 atom stereocenters. The van der Waals surface area contributed by atoms with E-state index >= 15 is 0 Å². The summed E-state index contributed by atoms with van der Waals surface area (Å²) in [5.41, 5.74) is 1.04. The van der Waals surface area contributed by atoms with E-state index in [2.05, 4.69) is 13.2 Å².